The van der Waals surface area contributed by atoms with Crippen molar-refractivity contribution in [3.05, 3.63) is 48.0 Å². The Balaban J connectivity index is 2.09. The van der Waals surface area contributed by atoms with Gasteiger partial charge in [-0.2, -0.15) is 5.10 Å². The van der Waals surface area contributed by atoms with Crippen molar-refractivity contribution in [1.82, 2.24) is 14.7 Å². The molecule has 0 saturated carbocycles. The van der Waals surface area contributed by atoms with Crippen LogP contribution in [0.15, 0.2) is 36.5 Å². The lowest BCUT2D eigenvalue weighted by molar-refractivity contribution is -0.0324. The van der Waals surface area contributed by atoms with Crippen LogP contribution in [0.5, 0.6) is 0 Å². The van der Waals surface area contributed by atoms with E-state index in [9.17, 15) is 14.3 Å². The number of carboxylic acid groups (broad SMARTS) is 1. The number of amides is 1. The number of carbonyl (C=O) groups is 1. The third kappa shape index (κ3) is 2.90. The zero-order valence-electron chi connectivity index (χ0n) is 14.9. The molecule has 0 spiro atoms. The van der Waals surface area contributed by atoms with E-state index in [-0.39, 0.29) is 11.2 Å². The minimum Gasteiger partial charge on any atom is -0.465 e. The number of aromatic nitrogens is 2. The van der Waals surface area contributed by atoms with Crippen LogP contribution in [0, 0.1) is 11.2 Å². The molecule has 0 bridgehead atoms. The van der Waals surface area contributed by atoms with Crippen molar-refractivity contribution < 1.29 is 14.3 Å². The van der Waals surface area contributed by atoms with E-state index >= 15 is 0 Å². The average molecular weight is 345 g/mol. The van der Waals surface area contributed by atoms with Gasteiger partial charge in [0.25, 0.3) is 0 Å². The third-order valence-electron chi connectivity index (χ3n) is 5.21. The molecule has 5 nitrogen and oxygen atoms in total. The van der Waals surface area contributed by atoms with Crippen molar-refractivity contribution in [2.24, 2.45) is 5.41 Å². The third-order valence-corrected chi connectivity index (χ3v) is 5.21. The number of benzene rings is 1. The highest BCUT2D eigenvalue weighted by molar-refractivity contribution is 5.67. The van der Waals surface area contributed by atoms with E-state index in [2.05, 4.69) is 20.8 Å². The fourth-order valence-electron chi connectivity index (χ4n) is 3.95. The van der Waals surface area contributed by atoms with Gasteiger partial charge >= 0.3 is 6.09 Å². The topological polar surface area (TPSA) is 58.4 Å². The van der Waals surface area contributed by atoms with E-state index < -0.39 is 11.6 Å². The molecule has 134 valence electrons. The molecule has 1 unspecified atom stereocenters. The summed E-state index contributed by atoms with van der Waals surface area (Å²) in [5, 5.41) is 14.5. The lowest BCUT2D eigenvalue weighted by Crippen LogP contribution is -2.59. The highest BCUT2D eigenvalue weighted by Gasteiger charge is 2.52. The molecule has 1 aliphatic rings. The smallest absolute Gasteiger partial charge is 0.408 e. The van der Waals surface area contributed by atoms with Gasteiger partial charge < -0.3 is 5.11 Å². The Hall–Kier alpha value is -2.37. The summed E-state index contributed by atoms with van der Waals surface area (Å²) in [4.78, 5) is 13.5. The lowest BCUT2D eigenvalue weighted by atomic mass is 9.66. The Morgan fingerprint density at radius 1 is 1.20 bits per heavy atom. The van der Waals surface area contributed by atoms with E-state index in [0.717, 1.165) is 30.6 Å². The number of piperidine rings is 1. The predicted molar refractivity (Wildman–Crippen MR) is 93.2 cm³/mol. The highest BCUT2D eigenvalue weighted by atomic mass is 19.1. The van der Waals surface area contributed by atoms with Gasteiger partial charge in [0.2, 0.25) is 0 Å². The van der Waals surface area contributed by atoms with Crippen molar-refractivity contribution >= 4 is 6.09 Å². The van der Waals surface area contributed by atoms with Gasteiger partial charge in [-0.15, -0.1) is 0 Å². The van der Waals surface area contributed by atoms with Gasteiger partial charge in [0.1, 0.15) is 5.82 Å². The second-order valence-electron chi connectivity index (χ2n) is 7.62. The average Bonchev–Trinajstić information content (AvgIpc) is 3.04. The van der Waals surface area contributed by atoms with Crippen LogP contribution in [0.3, 0.4) is 0 Å². The maximum atomic E-state index is 13.2. The lowest BCUT2D eigenvalue weighted by Gasteiger charge is -2.52. The first-order valence-corrected chi connectivity index (χ1v) is 8.58. The van der Waals surface area contributed by atoms with Gasteiger partial charge in [-0.1, -0.05) is 20.8 Å². The molecule has 1 aliphatic heterocycles. The molecule has 2 aromatic rings. The number of halogens is 1. The quantitative estimate of drug-likeness (QED) is 0.877. The minimum atomic E-state index is -0.911. The summed E-state index contributed by atoms with van der Waals surface area (Å²) in [5.74, 6) is -0.299. The van der Waals surface area contributed by atoms with Crippen LogP contribution in [0.1, 0.15) is 45.7 Å². The maximum Gasteiger partial charge on any atom is 0.408 e. The first kappa shape index (κ1) is 17.5. The van der Waals surface area contributed by atoms with E-state index in [4.69, 9.17) is 5.10 Å². The first-order chi connectivity index (χ1) is 11.8. The molecule has 0 aliphatic carbocycles. The summed E-state index contributed by atoms with van der Waals surface area (Å²) < 4.78 is 14.8. The van der Waals surface area contributed by atoms with E-state index in [0.29, 0.717) is 6.54 Å². The molecule has 2 heterocycles. The molecule has 6 heteroatoms. The van der Waals surface area contributed by atoms with Crippen LogP contribution in [-0.4, -0.2) is 32.4 Å². The Morgan fingerprint density at radius 2 is 1.88 bits per heavy atom. The SMILES string of the molecule is CC(C)(C)C1(c2ccn(-c3ccc(F)cc3)n2)CCCCN1C(=O)O. The van der Waals surface area contributed by atoms with E-state index in [1.165, 1.54) is 12.1 Å². The molecule has 1 saturated heterocycles. The van der Waals surface area contributed by atoms with Crippen molar-refractivity contribution in [2.45, 2.75) is 45.6 Å². The largest absolute Gasteiger partial charge is 0.465 e. The van der Waals surface area contributed by atoms with Crippen molar-refractivity contribution in [2.75, 3.05) is 6.54 Å². The van der Waals surface area contributed by atoms with Crippen molar-refractivity contribution in [1.29, 1.82) is 0 Å². The number of rotatable bonds is 2. The van der Waals surface area contributed by atoms with Crippen molar-refractivity contribution in [3.8, 4) is 5.69 Å². The van der Waals surface area contributed by atoms with Crippen molar-refractivity contribution in [3.63, 3.8) is 0 Å². The second kappa shape index (κ2) is 6.17. The summed E-state index contributed by atoms with van der Waals surface area (Å²) in [6, 6.07) is 7.98. The molecular weight excluding hydrogens is 321 g/mol. The number of nitrogens with zero attached hydrogens (tertiary/aromatic N) is 3. The normalized spacial score (nSPS) is 21.4. The molecule has 1 aromatic heterocycles. The molecule has 1 amide bonds. The Morgan fingerprint density at radius 3 is 2.48 bits per heavy atom. The van der Waals surface area contributed by atoms with Crippen LogP contribution < -0.4 is 0 Å². The van der Waals surface area contributed by atoms with Gasteiger partial charge in [-0.25, -0.2) is 13.9 Å². The molecule has 25 heavy (non-hydrogen) atoms. The Bertz CT molecular complexity index is 764. The van der Waals surface area contributed by atoms with Crippen LogP contribution >= 0.6 is 0 Å². The fraction of sp³-hybridized carbons (Fsp3) is 0.474. The molecule has 3 rings (SSSR count). The van der Waals surface area contributed by atoms with Crippen LogP contribution in [-0.2, 0) is 5.54 Å². The summed E-state index contributed by atoms with van der Waals surface area (Å²) in [6.07, 6.45) is 3.47. The standard InChI is InChI=1S/C19H24FN3O2/c1-18(2,3)19(11-4-5-12-22(19)17(24)25)16-10-13-23(21-16)15-8-6-14(20)7-9-15/h6-10,13H,4-5,11-12H2,1-3H3,(H,24,25). The molecule has 0 radical (unpaired) electrons. The predicted octanol–water partition coefficient (Wildman–Crippen LogP) is 4.42. The van der Waals surface area contributed by atoms with E-state index in [1.54, 1.807) is 21.7 Å². The molecule has 1 N–H and O–H groups in total. The number of hydrogen-bond donors (Lipinski definition) is 1. The summed E-state index contributed by atoms with van der Waals surface area (Å²) in [6.45, 7) is 6.69. The monoisotopic (exact) mass is 345 g/mol. The number of likely N-dealkylation sites (tertiary alicyclic amines) is 1. The van der Waals surface area contributed by atoms with Crippen LogP contribution in [0.4, 0.5) is 9.18 Å². The number of hydrogen-bond acceptors (Lipinski definition) is 2. The van der Waals surface area contributed by atoms with Gasteiger partial charge in [0.15, 0.2) is 0 Å². The van der Waals surface area contributed by atoms with Gasteiger partial charge in [0.05, 0.1) is 16.9 Å². The molecule has 1 aromatic carbocycles. The maximum absolute atomic E-state index is 13.2. The summed E-state index contributed by atoms with van der Waals surface area (Å²) in [7, 11) is 0. The molecule has 1 fully saturated rings. The first-order valence-electron chi connectivity index (χ1n) is 8.58. The zero-order valence-corrected chi connectivity index (χ0v) is 14.9. The Labute approximate surface area is 147 Å². The van der Waals surface area contributed by atoms with Gasteiger partial charge in [-0.05, 0) is 55.0 Å². The van der Waals surface area contributed by atoms with Crippen LogP contribution in [0.2, 0.25) is 0 Å². The minimum absolute atomic E-state index is 0.299. The van der Waals surface area contributed by atoms with E-state index in [1.807, 2.05) is 12.3 Å². The zero-order chi connectivity index (χ0) is 18.2. The second-order valence-corrected chi connectivity index (χ2v) is 7.62. The summed E-state index contributed by atoms with van der Waals surface area (Å²) >= 11 is 0. The van der Waals surface area contributed by atoms with Gasteiger partial charge in [0, 0.05) is 12.7 Å². The molecular formula is C19H24FN3O2. The summed E-state index contributed by atoms with van der Waals surface area (Å²) in [5.41, 5.74) is 0.497. The highest BCUT2D eigenvalue weighted by Crippen LogP contribution is 2.49. The van der Waals surface area contributed by atoms with Gasteiger partial charge in [-0.3, -0.25) is 4.90 Å². The Kier molecular flexibility index (Phi) is 4.31. The fourth-order valence-corrected chi connectivity index (χ4v) is 3.95. The molecule has 1 atom stereocenters. The van der Waals surface area contributed by atoms with Crippen LogP contribution in [0.25, 0.3) is 5.69 Å².